The zero-order valence-electron chi connectivity index (χ0n) is 15.7. The van der Waals surface area contributed by atoms with Gasteiger partial charge in [0.05, 0.1) is 5.69 Å². The Bertz CT molecular complexity index is 1210. The van der Waals surface area contributed by atoms with Crippen LogP contribution in [0.5, 0.6) is 5.75 Å². The van der Waals surface area contributed by atoms with E-state index < -0.39 is 6.10 Å². The van der Waals surface area contributed by atoms with E-state index in [1.165, 1.54) is 46.5 Å². The van der Waals surface area contributed by atoms with Crippen molar-refractivity contribution in [3.8, 4) is 5.75 Å². The summed E-state index contributed by atoms with van der Waals surface area (Å²) in [5.41, 5.74) is 2.06. The molecule has 0 saturated carbocycles. The number of hydrogen-bond donors (Lipinski definition) is 0. The number of pyridine rings is 1. The van der Waals surface area contributed by atoms with Gasteiger partial charge in [-0.1, -0.05) is 17.8 Å². The number of halogens is 1. The van der Waals surface area contributed by atoms with Crippen molar-refractivity contribution in [2.75, 3.05) is 0 Å². The number of aryl methyl sites for hydroxylation is 1. The molecule has 0 aliphatic heterocycles. The lowest BCUT2D eigenvalue weighted by Crippen LogP contribution is -2.15. The van der Waals surface area contributed by atoms with Gasteiger partial charge in [-0.2, -0.15) is 0 Å². The first-order valence-electron chi connectivity index (χ1n) is 8.85. The number of ether oxygens (including phenoxy) is 1. The van der Waals surface area contributed by atoms with Gasteiger partial charge in [0.2, 0.25) is 0 Å². The number of nitrogens with zero attached hydrogens (tertiary/aromatic N) is 4. The highest BCUT2D eigenvalue weighted by molar-refractivity contribution is 7.98. The first-order valence-corrected chi connectivity index (χ1v) is 9.84. The van der Waals surface area contributed by atoms with E-state index in [0.29, 0.717) is 34.0 Å². The van der Waals surface area contributed by atoms with Crippen molar-refractivity contribution >= 4 is 17.4 Å². The van der Waals surface area contributed by atoms with Crippen LogP contribution in [0.3, 0.4) is 0 Å². The molecule has 0 bridgehead atoms. The molecule has 0 unspecified atom stereocenters. The fraction of sp³-hybridized carbons (Fsp3) is 0.200. The normalized spacial score (nSPS) is 12.2. The van der Waals surface area contributed by atoms with Gasteiger partial charge in [0.15, 0.2) is 6.10 Å². The second kappa shape index (κ2) is 8.04. The van der Waals surface area contributed by atoms with Crippen molar-refractivity contribution in [3.63, 3.8) is 0 Å². The van der Waals surface area contributed by atoms with Crippen molar-refractivity contribution < 1.29 is 13.5 Å². The van der Waals surface area contributed by atoms with E-state index in [9.17, 15) is 9.18 Å². The van der Waals surface area contributed by atoms with Crippen LogP contribution in [0.1, 0.15) is 30.2 Å². The SMILES string of the molecule is Cc1ccc2nc(CSc3nnc([C@H](C)Oc4ccc(F)cc4)o3)cc(=O)n2c1. The van der Waals surface area contributed by atoms with Crippen LogP contribution in [-0.4, -0.2) is 19.6 Å². The average Bonchev–Trinajstić information content (AvgIpc) is 3.18. The van der Waals surface area contributed by atoms with Crippen LogP contribution < -0.4 is 10.3 Å². The standard InChI is InChI=1S/C20H17FN4O3S/c1-12-3-8-17-22-15(9-18(26)25(17)10-12)11-29-20-24-23-19(28-20)13(2)27-16-6-4-14(21)5-7-16/h3-10,13H,11H2,1-2H3/t13-/m0/s1. The van der Waals surface area contributed by atoms with Crippen molar-refractivity contribution in [2.45, 2.75) is 30.9 Å². The quantitative estimate of drug-likeness (QED) is 0.443. The molecule has 0 radical (unpaired) electrons. The van der Waals surface area contributed by atoms with E-state index in [4.69, 9.17) is 9.15 Å². The Balaban J connectivity index is 1.43. The maximum Gasteiger partial charge on any atom is 0.277 e. The molecule has 4 aromatic rings. The van der Waals surface area contributed by atoms with Gasteiger partial charge in [-0.05, 0) is 49.7 Å². The minimum atomic E-state index is -0.492. The molecule has 9 heteroatoms. The molecule has 0 spiro atoms. The molecule has 0 saturated heterocycles. The highest BCUT2D eigenvalue weighted by atomic mass is 32.2. The van der Waals surface area contributed by atoms with Crippen molar-refractivity contribution in [3.05, 3.63) is 82.0 Å². The molecule has 0 aliphatic rings. The molecule has 0 N–H and O–H groups in total. The second-order valence-corrected chi connectivity index (χ2v) is 7.36. The predicted molar refractivity (Wildman–Crippen MR) is 106 cm³/mol. The Morgan fingerprint density at radius 2 is 2.00 bits per heavy atom. The molecule has 29 heavy (non-hydrogen) atoms. The Labute approximate surface area is 169 Å². The molecule has 7 nitrogen and oxygen atoms in total. The third-order valence-electron chi connectivity index (χ3n) is 4.10. The third kappa shape index (κ3) is 4.45. The maximum atomic E-state index is 13.0. The van der Waals surface area contributed by atoms with Gasteiger partial charge in [-0.25, -0.2) is 9.37 Å². The van der Waals surface area contributed by atoms with Crippen LogP contribution >= 0.6 is 11.8 Å². The average molecular weight is 412 g/mol. The molecular formula is C20H17FN4O3S. The summed E-state index contributed by atoms with van der Waals surface area (Å²) in [6, 6.07) is 10.9. The lowest BCUT2D eigenvalue weighted by Gasteiger charge is -2.10. The fourth-order valence-corrected chi connectivity index (χ4v) is 3.34. The minimum Gasteiger partial charge on any atom is -0.481 e. The molecule has 1 atom stereocenters. The number of fused-ring (bicyclic) bond motifs is 1. The maximum absolute atomic E-state index is 13.0. The van der Waals surface area contributed by atoms with Crippen LogP contribution in [0.25, 0.3) is 5.65 Å². The van der Waals surface area contributed by atoms with Gasteiger partial charge in [0, 0.05) is 18.0 Å². The summed E-state index contributed by atoms with van der Waals surface area (Å²) in [6.07, 6.45) is 1.27. The van der Waals surface area contributed by atoms with E-state index in [-0.39, 0.29) is 11.4 Å². The molecule has 3 heterocycles. The number of aromatic nitrogens is 4. The Morgan fingerprint density at radius 3 is 2.79 bits per heavy atom. The number of thioether (sulfide) groups is 1. The lowest BCUT2D eigenvalue weighted by atomic mass is 10.3. The zero-order chi connectivity index (χ0) is 20.4. The van der Waals surface area contributed by atoms with Crippen LogP contribution in [0.4, 0.5) is 4.39 Å². The zero-order valence-corrected chi connectivity index (χ0v) is 16.5. The van der Waals surface area contributed by atoms with E-state index in [0.717, 1.165) is 5.56 Å². The molecule has 0 fully saturated rings. The molecule has 3 aromatic heterocycles. The van der Waals surface area contributed by atoms with E-state index >= 15 is 0 Å². The van der Waals surface area contributed by atoms with Crippen molar-refractivity contribution in [2.24, 2.45) is 0 Å². The first-order chi connectivity index (χ1) is 14.0. The minimum absolute atomic E-state index is 0.137. The molecule has 148 valence electrons. The Kier molecular flexibility index (Phi) is 5.30. The van der Waals surface area contributed by atoms with E-state index in [1.54, 1.807) is 13.1 Å². The fourth-order valence-electron chi connectivity index (χ4n) is 2.68. The van der Waals surface area contributed by atoms with Gasteiger partial charge < -0.3 is 9.15 Å². The highest BCUT2D eigenvalue weighted by Gasteiger charge is 2.16. The van der Waals surface area contributed by atoms with E-state index in [2.05, 4.69) is 15.2 Å². The summed E-state index contributed by atoms with van der Waals surface area (Å²) in [5, 5.41) is 8.34. The van der Waals surface area contributed by atoms with Gasteiger partial charge in [0.1, 0.15) is 17.2 Å². The molecule has 0 amide bonds. The largest absolute Gasteiger partial charge is 0.481 e. The van der Waals surface area contributed by atoms with Crippen LogP contribution in [0.2, 0.25) is 0 Å². The monoisotopic (exact) mass is 412 g/mol. The molecular weight excluding hydrogens is 395 g/mol. The summed E-state index contributed by atoms with van der Waals surface area (Å²) in [4.78, 5) is 16.8. The van der Waals surface area contributed by atoms with Crippen molar-refractivity contribution in [1.29, 1.82) is 0 Å². The first kappa shape index (κ1) is 19.1. The summed E-state index contributed by atoms with van der Waals surface area (Å²) >= 11 is 1.28. The molecule has 4 rings (SSSR count). The van der Waals surface area contributed by atoms with Crippen LogP contribution in [0, 0.1) is 12.7 Å². The van der Waals surface area contributed by atoms with Crippen molar-refractivity contribution in [1.82, 2.24) is 19.6 Å². The Morgan fingerprint density at radius 1 is 1.21 bits per heavy atom. The number of rotatable bonds is 6. The topological polar surface area (TPSA) is 82.5 Å². The molecule has 0 aliphatic carbocycles. The number of hydrogen-bond acceptors (Lipinski definition) is 7. The van der Waals surface area contributed by atoms with Crippen LogP contribution in [-0.2, 0) is 5.75 Å². The highest BCUT2D eigenvalue weighted by Crippen LogP contribution is 2.25. The lowest BCUT2D eigenvalue weighted by molar-refractivity contribution is 0.181. The van der Waals surface area contributed by atoms with Gasteiger partial charge >= 0.3 is 0 Å². The van der Waals surface area contributed by atoms with Gasteiger partial charge in [0.25, 0.3) is 16.7 Å². The number of benzene rings is 1. The van der Waals surface area contributed by atoms with Gasteiger partial charge in [-0.3, -0.25) is 9.20 Å². The van der Waals surface area contributed by atoms with E-state index in [1.807, 2.05) is 19.1 Å². The smallest absolute Gasteiger partial charge is 0.277 e. The summed E-state index contributed by atoms with van der Waals surface area (Å²) in [6.45, 7) is 3.68. The molecule has 1 aromatic carbocycles. The summed E-state index contributed by atoms with van der Waals surface area (Å²) in [5.74, 6) is 0.883. The van der Waals surface area contributed by atoms with Gasteiger partial charge in [-0.15, -0.1) is 10.2 Å². The summed E-state index contributed by atoms with van der Waals surface area (Å²) in [7, 11) is 0. The predicted octanol–water partition coefficient (Wildman–Crippen LogP) is 3.96. The second-order valence-electron chi connectivity index (χ2n) is 6.43. The summed E-state index contributed by atoms with van der Waals surface area (Å²) < 4.78 is 25.8. The Hall–Kier alpha value is -3.20. The third-order valence-corrected chi connectivity index (χ3v) is 4.95. The van der Waals surface area contributed by atoms with Crippen LogP contribution in [0.15, 0.2) is 63.1 Å².